The van der Waals surface area contributed by atoms with Gasteiger partial charge in [0.2, 0.25) is 0 Å². The average molecular weight is 532 g/mol. The lowest BCUT2D eigenvalue weighted by molar-refractivity contribution is -0.347. The van der Waals surface area contributed by atoms with Crippen LogP contribution in [-0.4, -0.2) is 153 Å². The predicted octanol–water partition coefficient (Wildman–Crippen LogP) is -6.90. The first kappa shape index (κ1) is 29.0. The molecule has 3 rings (SSSR count). The summed E-state index contributed by atoms with van der Waals surface area (Å²) in [5.74, 6) is 0. The van der Waals surface area contributed by atoms with Gasteiger partial charge in [0.1, 0.15) is 61.0 Å². The molecule has 0 radical (unpaired) electrons. The summed E-state index contributed by atoms with van der Waals surface area (Å²) >= 11 is 4.77. The number of hydrogen-bond acceptors (Lipinski definition) is 17. The van der Waals surface area contributed by atoms with E-state index in [1.165, 1.54) is 0 Å². The zero-order chi connectivity index (χ0) is 26.0. The van der Waals surface area contributed by atoms with Gasteiger partial charge < -0.3 is 76.0 Å². The fraction of sp³-hybridized carbons (Fsp3) is 1.00. The van der Waals surface area contributed by atoms with Gasteiger partial charge in [-0.05, 0) is 0 Å². The summed E-state index contributed by atoms with van der Waals surface area (Å²) in [4.78, 5) is 0. The fourth-order valence-electron chi connectivity index (χ4n) is 4.25. The van der Waals surface area contributed by atoms with Gasteiger partial charge in [-0.15, -0.1) is 0 Å². The highest BCUT2D eigenvalue weighted by molar-refractivity contribution is 7.47. The first-order chi connectivity index (χ1) is 16.6. The highest BCUT2D eigenvalue weighted by atomic mass is 32.1. The standard InChI is InChI=1S/C18H33N3O13S/c19-7-12(27)14(5(2-23)30-16(7)29)34-18-9(21-35)13(28)15(6(3-24)32-18)33-17-8(20)11(26)10(25)4(1-22)31-17/h4-18,22-29H,1-3,19-20H2/t4-,5-,6-,7-,8-,9-,10-,11-,12-,13-,14?,15?,16-,17+,18+/m1/s1. The highest BCUT2D eigenvalue weighted by Crippen LogP contribution is 2.32. The van der Waals surface area contributed by atoms with Crippen molar-refractivity contribution in [2.75, 3.05) is 19.8 Å². The summed E-state index contributed by atoms with van der Waals surface area (Å²) in [6.07, 6.45) is -17.0. The number of nitrogens with two attached hydrogens (primary N) is 2. The molecule has 17 heteroatoms. The second kappa shape index (κ2) is 12.3. The average Bonchev–Trinajstić information content (AvgIpc) is 2.85. The Hall–Kier alpha value is -0.580. The van der Waals surface area contributed by atoms with Crippen LogP contribution in [0, 0.1) is 0 Å². The number of aliphatic hydroxyl groups is 8. The molecule has 12 N–H and O–H groups in total. The summed E-state index contributed by atoms with van der Waals surface area (Å²) < 4.78 is 31.2. The van der Waals surface area contributed by atoms with Crippen LogP contribution in [0.25, 0.3) is 0 Å². The van der Waals surface area contributed by atoms with Gasteiger partial charge in [0, 0.05) is 12.4 Å². The summed E-state index contributed by atoms with van der Waals surface area (Å²) in [6.45, 7) is -2.04. The molecule has 0 aromatic carbocycles. The molecule has 0 aromatic heterocycles. The Morgan fingerprint density at radius 2 is 1.17 bits per heavy atom. The predicted molar refractivity (Wildman–Crippen MR) is 113 cm³/mol. The van der Waals surface area contributed by atoms with Crippen molar-refractivity contribution in [1.29, 1.82) is 0 Å². The van der Waals surface area contributed by atoms with Gasteiger partial charge in [-0.3, -0.25) is 0 Å². The maximum absolute atomic E-state index is 10.9. The van der Waals surface area contributed by atoms with Gasteiger partial charge >= 0.3 is 0 Å². The third kappa shape index (κ3) is 5.80. The molecule has 0 spiro atoms. The Bertz CT molecular complexity index is 696. The molecule has 2 unspecified atom stereocenters. The minimum absolute atomic E-state index is 0.660. The number of ether oxygens (including phenoxy) is 5. The molecule has 15 atom stereocenters. The van der Waals surface area contributed by atoms with E-state index >= 15 is 0 Å². The molecule has 16 nitrogen and oxygen atoms in total. The van der Waals surface area contributed by atoms with E-state index < -0.39 is 112 Å². The largest absolute Gasteiger partial charge is 0.394 e. The van der Waals surface area contributed by atoms with Crippen molar-refractivity contribution in [2.45, 2.75) is 91.9 Å². The van der Waals surface area contributed by atoms with E-state index in [-0.39, 0.29) is 0 Å². The maximum atomic E-state index is 10.9. The molecule has 204 valence electrons. The van der Waals surface area contributed by atoms with Crippen LogP contribution in [0.3, 0.4) is 0 Å². The first-order valence-electron chi connectivity index (χ1n) is 10.9. The summed E-state index contributed by atoms with van der Waals surface area (Å²) in [7, 11) is 0. The molecule has 3 fully saturated rings. The molecular weight excluding hydrogens is 498 g/mol. The van der Waals surface area contributed by atoms with E-state index in [1.807, 2.05) is 0 Å². The molecule has 0 saturated carbocycles. The number of hydrogen-bond donors (Lipinski definition) is 10. The molecule has 3 heterocycles. The second-order valence-electron chi connectivity index (χ2n) is 8.61. The smallest absolute Gasteiger partial charge is 0.184 e. The van der Waals surface area contributed by atoms with E-state index in [0.29, 0.717) is 0 Å². The lowest BCUT2D eigenvalue weighted by Gasteiger charge is -2.48. The minimum atomic E-state index is -1.59. The number of aliphatic hydroxyl groups excluding tert-OH is 8. The van der Waals surface area contributed by atoms with Gasteiger partial charge in [-0.1, -0.05) is 0 Å². The zero-order valence-electron chi connectivity index (χ0n) is 18.4. The minimum Gasteiger partial charge on any atom is -0.394 e. The van der Waals surface area contributed by atoms with Crippen molar-refractivity contribution in [1.82, 2.24) is 0 Å². The maximum Gasteiger partial charge on any atom is 0.184 e. The Labute approximate surface area is 205 Å². The molecule has 0 aliphatic carbocycles. The van der Waals surface area contributed by atoms with Crippen molar-refractivity contribution in [3.8, 4) is 0 Å². The van der Waals surface area contributed by atoms with E-state index in [0.717, 1.165) is 0 Å². The third-order valence-electron chi connectivity index (χ3n) is 6.37. The lowest BCUT2D eigenvalue weighted by Crippen LogP contribution is -2.67. The number of rotatable bonds is 8. The normalized spacial score (nSPS) is 51.2. The Balaban J connectivity index is 1.77. The van der Waals surface area contributed by atoms with Crippen LogP contribution < -0.4 is 11.5 Å². The third-order valence-corrected chi connectivity index (χ3v) is 6.62. The van der Waals surface area contributed by atoms with Gasteiger partial charge in [0.15, 0.2) is 18.9 Å². The van der Waals surface area contributed by atoms with E-state index in [4.69, 9.17) is 47.6 Å². The number of nitrogens with zero attached hydrogens (tertiary/aromatic N) is 1. The van der Waals surface area contributed by atoms with Crippen molar-refractivity contribution < 1.29 is 64.5 Å². The first-order valence-corrected chi connectivity index (χ1v) is 11.3. The van der Waals surface area contributed by atoms with Gasteiger partial charge in [-0.25, -0.2) is 4.36 Å². The second-order valence-corrected chi connectivity index (χ2v) is 8.82. The van der Waals surface area contributed by atoms with Crippen LogP contribution in [0.15, 0.2) is 4.36 Å². The fourth-order valence-corrected chi connectivity index (χ4v) is 4.47. The molecule has 3 aliphatic heterocycles. The van der Waals surface area contributed by atoms with Crippen LogP contribution in [0.4, 0.5) is 0 Å². The molecule has 0 aromatic rings. The van der Waals surface area contributed by atoms with Crippen molar-refractivity contribution >= 4 is 12.4 Å². The van der Waals surface area contributed by atoms with Gasteiger partial charge in [0.25, 0.3) is 0 Å². The topological polar surface area (TPSA) is 272 Å². The SMILES string of the molecule is N[C@H]1[C@H](OC2[C@@H](CO)O[C@@H](OC3[C@@H](CO)O[C@@H](O)[C@H](N)[C@H]3O)[C@H](N=S)[C@H]2O)O[C@H](CO)[C@@H](O)[C@@H]1O. The molecule has 3 aliphatic rings. The van der Waals surface area contributed by atoms with E-state index in [9.17, 15) is 40.9 Å². The van der Waals surface area contributed by atoms with Gasteiger partial charge in [-0.2, -0.15) is 0 Å². The quantitative estimate of drug-likeness (QED) is 0.139. The Kier molecular flexibility index (Phi) is 10.2. The van der Waals surface area contributed by atoms with Crippen molar-refractivity contribution in [2.24, 2.45) is 15.8 Å². The summed E-state index contributed by atoms with van der Waals surface area (Å²) in [5, 5.41) is 80.1. The summed E-state index contributed by atoms with van der Waals surface area (Å²) in [5.41, 5.74) is 11.6. The van der Waals surface area contributed by atoms with Crippen LogP contribution in [-0.2, 0) is 36.1 Å². The van der Waals surface area contributed by atoms with Gasteiger partial charge in [0.05, 0.1) is 31.9 Å². The van der Waals surface area contributed by atoms with Crippen LogP contribution in [0.5, 0.6) is 0 Å². The van der Waals surface area contributed by atoms with Crippen LogP contribution in [0.2, 0.25) is 0 Å². The molecule has 0 bridgehead atoms. The monoisotopic (exact) mass is 531 g/mol. The lowest BCUT2D eigenvalue weighted by atomic mass is 9.94. The van der Waals surface area contributed by atoms with Crippen molar-refractivity contribution in [3.63, 3.8) is 0 Å². The molecule has 0 amide bonds. The molecular formula is C18H33N3O13S. The van der Waals surface area contributed by atoms with Crippen LogP contribution >= 0.6 is 0 Å². The van der Waals surface area contributed by atoms with E-state index in [1.54, 1.807) is 0 Å². The van der Waals surface area contributed by atoms with E-state index in [2.05, 4.69) is 4.36 Å². The molecule has 3 saturated heterocycles. The van der Waals surface area contributed by atoms with Crippen molar-refractivity contribution in [3.05, 3.63) is 0 Å². The Morgan fingerprint density at radius 3 is 1.74 bits per heavy atom. The highest BCUT2D eigenvalue weighted by Gasteiger charge is 2.53. The summed E-state index contributed by atoms with van der Waals surface area (Å²) in [6, 6.07) is -3.91. The molecule has 35 heavy (non-hydrogen) atoms. The zero-order valence-corrected chi connectivity index (χ0v) is 19.2. The van der Waals surface area contributed by atoms with Crippen LogP contribution in [0.1, 0.15) is 0 Å². The Morgan fingerprint density at radius 1 is 0.657 bits per heavy atom.